The first kappa shape index (κ1) is 17.1. The molecule has 3 fully saturated rings. The van der Waals surface area contributed by atoms with Crippen LogP contribution in [-0.4, -0.2) is 21.8 Å². The van der Waals surface area contributed by atoms with Gasteiger partial charge in [-0.1, -0.05) is 30.2 Å². The molecule has 4 aliphatic carbocycles. The first-order chi connectivity index (χ1) is 11.9. The molecule has 0 aromatic rings. The maximum Gasteiger partial charge on any atom is 0.0799 e. The van der Waals surface area contributed by atoms with E-state index in [4.69, 9.17) is 0 Å². The van der Waals surface area contributed by atoms with E-state index < -0.39 is 0 Å². The average Bonchev–Trinajstić information content (AvgIpc) is 2.97. The molecule has 0 saturated heterocycles. The zero-order chi connectivity index (χ0) is 17.8. The zero-order valence-corrected chi connectivity index (χ0v) is 15.8. The number of hydrogen-bond acceptors (Lipinski definition) is 4. The first-order valence-corrected chi connectivity index (χ1v) is 10.0. The summed E-state index contributed by atoms with van der Waals surface area (Å²) in [6.45, 7) is 6.88. The smallest absolute Gasteiger partial charge is 0.0799 e. The van der Waals surface area contributed by atoms with Gasteiger partial charge in [-0.2, -0.15) is 0 Å². The van der Waals surface area contributed by atoms with Crippen molar-refractivity contribution in [3.8, 4) is 0 Å². The summed E-state index contributed by atoms with van der Waals surface area (Å²) in [6, 6.07) is 0. The fourth-order valence-electron chi connectivity index (χ4n) is 7.33. The molecule has 0 aromatic carbocycles. The second-order valence-electron chi connectivity index (χ2n) is 9.52. The fraction of sp³-hybridized carbons (Fsp3) is 0.810. The molecule has 0 bridgehead atoms. The first-order valence-electron chi connectivity index (χ1n) is 10.0. The molecule has 0 unspecified atom stereocenters. The number of fused-ring (bicyclic) bond motifs is 5. The van der Waals surface area contributed by atoms with Crippen LogP contribution in [0.4, 0.5) is 0 Å². The molecule has 4 rings (SSSR count). The lowest BCUT2D eigenvalue weighted by Gasteiger charge is -2.60. The second kappa shape index (κ2) is 5.85. The SMILES string of the molecule is C/C(=N\O)C1=CC[C@H]2[C@@H]3CC[C@H]4C/C(=N/O)CC[C@]4(C)[C@H]3CC[C@]12C. The van der Waals surface area contributed by atoms with Crippen LogP contribution in [0.2, 0.25) is 0 Å². The van der Waals surface area contributed by atoms with E-state index in [0.29, 0.717) is 17.3 Å². The lowest BCUT2D eigenvalue weighted by molar-refractivity contribution is -0.0866. The number of nitrogens with zero attached hydrogens (tertiary/aromatic N) is 2. The highest BCUT2D eigenvalue weighted by atomic mass is 16.4. The fourth-order valence-corrected chi connectivity index (χ4v) is 7.33. The summed E-state index contributed by atoms with van der Waals surface area (Å²) in [4.78, 5) is 0. The molecule has 4 aliphatic rings. The lowest BCUT2D eigenvalue weighted by Crippen LogP contribution is -2.53. The van der Waals surface area contributed by atoms with Gasteiger partial charge in [0.25, 0.3) is 0 Å². The van der Waals surface area contributed by atoms with Crippen molar-refractivity contribution in [3.63, 3.8) is 0 Å². The van der Waals surface area contributed by atoms with Gasteiger partial charge in [-0.25, -0.2) is 0 Å². The third-order valence-electron chi connectivity index (χ3n) is 8.76. The molecule has 0 radical (unpaired) electrons. The van der Waals surface area contributed by atoms with Gasteiger partial charge in [0.2, 0.25) is 0 Å². The number of allylic oxidation sites excluding steroid dienone is 2. The number of oxime groups is 2. The Morgan fingerprint density at radius 3 is 2.64 bits per heavy atom. The summed E-state index contributed by atoms with van der Waals surface area (Å²) in [7, 11) is 0. The molecule has 4 heteroatoms. The number of hydrogen-bond donors (Lipinski definition) is 2. The van der Waals surface area contributed by atoms with Crippen molar-refractivity contribution in [3.05, 3.63) is 11.6 Å². The normalized spacial score (nSPS) is 48.5. The minimum atomic E-state index is 0.188. The van der Waals surface area contributed by atoms with Crippen LogP contribution >= 0.6 is 0 Å². The maximum atomic E-state index is 9.29. The standard InChI is InChI=1S/C21H32N2O2/c1-13(22-24)17-6-7-18-16-5-4-14-12-15(23-25)8-10-20(14,2)19(16)9-11-21(17,18)3/h6,14,16,18-19,24-25H,4-5,7-12H2,1-3H3/b22-13+,23-15+/t14-,16-,18-,19-,20-,21+/m0/s1. The van der Waals surface area contributed by atoms with Gasteiger partial charge in [0.1, 0.15) is 0 Å². The van der Waals surface area contributed by atoms with Crippen molar-refractivity contribution in [2.45, 2.75) is 72.1 Å². The predicted octanol–water partition coefficient (Wildman–Crippen LogP) is 5.25. The van der Waals surface area contributed by atoms with Crippen molar-refractivity contribution in [2.24, 2.45) is 44.8 Å². The quantitative estimate of drug-likeness (QED) is 0.388. The van der Waals surface area contributed by atoms with Crippen LogP contribution in [0.1, 0.15) is 72.1 Å². The molecule has 0 spiro atoms. The molecular formula is C21H32N2O2. The van der Waals surface area contributed by atoms with Gasteiger partial charge in [-0.3, -0.25) is 0 Å². The van der Waals surface area contributed by atoms with E-state index >= 15 is 0 Å². The predicted molar refractivity (Wildman–Crippen MR) is 99.3 cm³/mol. The van der Waals surface area contributed by atoms with E-state index in [9.17, 15) is 10.4 Å². The van der Waals surface area contributed by atoms with Gasteiger partial charge in [0, 0.05) is 0 Å². The topological polar surface area (TPSA) is 65.2 Å². The summed E-state index contributed by atoms with van der Waals surface area (Å²) in [5.74, 6) is 2.97. The molecule has 3 saturated carbocycles. The Bertz CT molecular complexity index is 652. The van der Waals surface area contributed by atoms with Gasteiger partial charge in [-0.05, 0) is 98.4 Å². The minimum absolute atomic E-state index is 0.188. The Balaban J connectivity index is 1.61. The van der Waals surface area contributed by atoms with Crippen molar-refractivity contribution in [1.29, 1.82) is 0 Å². The van der Waals surface area contributed by atoms with E-state index in [1.807, 2.05) is 6.92 Å². The Hall–Kier alpha value is -1.32. The molecule has 0 aliphatic heterocycles. The molecule has 25 heavy (non-hydrogen) atoms. The molecular weight excluding hydrogens is 312 g/mol. The van der Waals surface area contributed by atoms with E-state index in [1.165, 1.54) is 37.7 Å². The van der Waals surface area contributed by atoms with Crippen LogP contribution in [0, 0.1) is 34.5 Å². The lowest BCUT2D eigenvalue weighted by atomic mass is 9.44. The molecule has 138 valence electrons. The molecule has 2 N–H and O–H groups in total. The summed E-state index contributed by atoms with van der Waals surface area (Å²) >= 11 is 0. The van der Waals surface area contributed by atoms with Crippen LogP contribution in [0.5, 0.6) is 0 Å². The van der Waals surface area contributed by atoms with Crippen molar-refractivity contribution >= 4 is 11.4 Å². The maximum absolute atomic E-state index is 9.29. The summed E-state index contributed by atoms with van der Waals surface area (Å²) < 4.78 is 0. The van der Waals surface area contributed by atoms with Crippen LogP contribution < -0.4 is 0 Å². The summed E-state index contributed by atoms with van der Waals surface area (Å²) in [5.41, 5.74) is 3.71. The Morgan fingerprint density at radius 1 is 1.12 bits per heavy atom. The molecule has 4 nitrogen and oxygen atoms in total. The van der Waals surface area contributed by atoms with Gasteiger partial charge in [0.05, 0.1) is 11.4 Å². The van der Waals surface area contributed by atoms with Crippen LogP contribution in [0.15, 0.2) is 22.0 Å². The summed E-state index contributed by atoms with van der Waals surface area (Å²) in [5, 5.41) is 25.6. The van der Waals surface area contributed by atoms with Crippen LogP contribution in [0.25, 0.3) is 0 Å². The monoisotopic (exact) mass is 344 g/mol. The van der Waals surface area contributed by atoms with Gasteiger partial charge in [0.15, 0.2) is 0 Å². The highest BCUT2D eigenvalue weighted by Crippen LogP contribution is 2.66. The van der Waals surface area contributed by atoms with Gasteiger partial charge < -0.3 is 10.4 Å². The molecule has 0 amide bonds. The van der Waals surface area contributed by atoms with Crippen LogP contribution in [-0.2, 0) is 0 Å². The third kappa shape index (κ3) is 2.32. The largest absolute Gasteiger partial charge is 0.411 e. The van der Waals surface area contributed by atoms with E-state index in [2.05, 4.69) is 30.2 Å². The van der Waals surface area contributed by atoms with Crippen molar-refractivity contribution in [1.82, 2.24) is 0 Å². The van der Waals surface area contributed by atoms with Crippen molar-refractivity contribution in [2.75, 3.05) is 0 Å². The highest BCUT2D eigenvalue weighted by Gasteiger charge is 2.58. The Kier molecular flexibility index (Phi) is 4.01. The number of rotatable bonds is 1. The average molecular weight is 344 g/mol. The minimum Gasteiger partial charge on any atom is -0.411 e. The van der Waals surface area contributed by atoms with Crippen molar-refractivity contribution < 1.29 is 10.4 Å². The highest BCUT2D eigenvalue weighted by molar-refractivity contribution is 5.99. The Morgan fingerprint density at radius 2 is 1.92 bits per heavy atom. The van der Waals surface area contributed by atoms with Gasteiger partial charge in [-0.15, -0.1) is 0 Å². The second-order valence-corrected chi connectivity index (χ2v) is 9.52. The zero-order valence-electron chi connectivity index (χ0n) is 15.8. The van der Waals surface area contributed by atoms with E-state index in [1.54, 1.807) is 0 Å². The summed E-state index contributed by atoms with van der Waals surface area (Å²) in [6.07, 6.45) is 11.7. The molecule has 0 heterocycles. The van der Waals surface area contributed by atoms with Crippen LogP contribution in [0.3, 0.4) is 0 Å². The molecule has 0 aromatic heterocycles. The van der Waals surface area contributed by atoms with Gasteiger partial charge >= 0.3 is 0 Å². The van der Waals surface area contributed by atoms with E-state index in [-0.39, 0.29) is 5.41 Å². The Labute approximate surface area is 151 Å². The third-order valence-corrected chi connectivity index (χ3v) is 8.76. The van der Waals surface area contributed by atoms with E-state index in [0.717, 1.165) is 42.5 Å². The molecule has 6 atom stereocenters.